The Morgan fingerprint density at radius 3 is 2.18 bits per heavy atom. The summed E-state index contributed by atoms with van der Waals surface area (Å²) in [6.45, 7) is 5.80. The van der Waals surface area contributed by atoms with Crippen molar-refractivity contribution < 1.29 is 19.1 Å². The number of fused-ring (bicyclic) bond motifs is 2. The van der Waals surface area contributed by atoms with Gasteiger partial charge in [0.25, 0.3) is 5.97 Å². The van der Waals surface area contributed by atoms with Crippen molar-refractivity contribution in [1.82, 2.24) is 0 Å². The van der Waals surface area contributed by atoms with Crippen LogP contribution in [0.4, 0.5) is 0 Å². The first kappa shape index (κ1) is 12.4. The molecule has 5 heteroatoms. The Labute approximate surface area is 102 Å². The molecule has 0 radical (unpaired) electrons. The van der Waals surface area contributed by atoms with Gasteiger partial charge in [-0.2, -0.15) is 0 Å². The van der Waals surface area contributed by atoms with Crippen molar-refractivity contribution in [3.05, 3.63) is 12.2 Å². The lowest BCUT2D eigenvalue weighted by atomic mass is 9.83. The van der Waals surface area contributed by atoms with Crippen LogP contribution >= 0.6 is 0 Å². The van der Waals surface area contributed by atoms with Gasteiger partial charge in [-0.15, -0.1) is 0 Å². The number of carboxylic acids is 1. The number of carbonyl (C=O) groups excluding carboxylic acids is 1. The molecule has 4 atom stereocenters. The predicted octanol–water partition coefficient (Wildman–Crippen LogP) is 1.89. The second-order valence-electron chi connectivity index (χ2n) is 5.87. The van der Waals surface area contributed by atoms with Gasteiger partial charge in [0.2, 0.25) is 8.32 Å². The third-order valence-electron chi connectivity index (χ3n) is 3.42. The Balaban J connectivity index is 2.17. The number of hydrogen-bond acceptors (Lipinski definition) is 3. The van der Waals surface area contributed by atoms with Crippen LogP contribution in [0, 0.1) is 23.7 Å². The van der Waals surface area contributed by atoms with Crippen LogP contribution in [0.1, 0.15) is 6.42 Å². The van der Waals surface area contributed by atoms with E-state index >= 15 is 0 Å². The van der Waals surface area contributed by atoms with Crippen LogP contribution in [0.25, 0.3) is 0 Å². The van der Waals surface area contributed by atoms with Gasteiger partial charge in [-0.25, -0.2) is 0 Å². The van der Waals surface area contributed by atoms with Crippen molar-refractivity contribution in [1.29, 1.82) is 0 Å². The number of hydrogen-bond donors (Lipinski definition) is 1. The van der Waals surface area contributed by atoms with Crippen molar-refractivity contribution in [3.63, 3.8) is 0 Å². The maximum Gasteiger partial charge on any atom is 0.307 e. The molecule has 17 heavy (non-hydrogen) atoms. The molecule has 4 nitrogen and oxygen atoms in total. The van der Waals surface area contributed by atoms with Gasteiger partial charge < -0.3 is 9.53 Å². The lowest BCUT2D eigenvalue weighted by molar-refractivity contribution is -0.153. The first-order valence-electron chi connectivity index (χ1n) is 5.93. The molecule has 2 rings (SSSR count). The summed E-state index contributed by atoms with van der Waals surface area (Å²) in [6.07, 6.45) is 4.68. The second kappa shape index (κ2) is 3.98. The standard InChI is InChI=1S/C12H18O4Si/c1-17(2,3)16-12(15)10-8-5-4-7(6-8)9(10)11(13)14/h4-5,7-10H,6H2,1-3H3,(H,13,14). The van der Waals surface area contributed by atoms with Gasteiger partial charge in [0.1, 0.15) is 0 Å². The zero-order chi connectivity index (χ0) is 12.8. The second-order valence-corrected chi connectivity index (χ2v) is 10.3. The fourth-order valence-corrected chi connectivity index (χ4v) is 3.59. The maximum atomic E-state index is 12.1. The van der Waals surface area contributed by atoms with Crippen molar-refractivity contribution >= 4 is 20.3 Å². The Morgan fingerprint density at radius 1 is 1.18 bits per heavy atom. The molecule has 1 fully saturated rings. The smallest absolute Gasteiger partial charge is 0.307 e. The van der Waals surface area contributed by atoms with E-state index in [9.17, 15) is 14.7 Å². The van der Waals surface area contributed by atoms with Gasteiger partial charge in [0.15, 0.2) is 0 Å². The molecule has 0 aliphatic heterocycles. The molecule has 4 unspecified atom stereocenters. The maximum absolute atomic E-state index is 12.1. The summed E-state index contributed by atoms with van der Waals surface area (Å²) in [5.74, 6) is -2.18. The molecule has 0 amide bonds. The minimum absolute atomic E-state index is 0.0108. The fourth-order valence-electron chi connectivity index (χ4n) is 2.85. The highest BCUT2D eigenvalue weighted by atomic mass is 28.4. The Morgan fingerprint density at radius 2 is 1.71 bits per heavy atom. The van der Waals surface area contributed by atoms with Crippen molar-refractivity contribution in [2.75, 3.05) is 0 Å². The van der Waals surface area contributed by atoms with Crippen LogP contribution < -0.4 is 0 Å². The molecular formula is C12H18O4Si. The van der Waals surface area contributed by atoms with Crippen molar-refractivity contribution in [2.45, 2.75) is 26.1 Å². The molecule has 0 heterocycles. The third-order valence-corrected chi connectivity index (χ3v) is 4.24. The highest BCUT2D eigenvalue weighted by molar-refractivity contribution is 6.71. The van der Waals surface area contributed by atoms with Gasteiger partial charge in [-0.05, 0) is 37.9 Å². The quantitative estimate of drug-likeness (QED) is 0.617. The zero-order valence-corrected chi connectivity index (χ0v) is 11.3. The molecule has 0 aromatic heterocycles. The number of carbonyl (C=O) groups is 2. The molecule has 2 aliphatic carbocycles. The van der Waals surface area contributed by atoms with Crippen LogP contribution in [0.2, 0.25) is 19.6 Å². The number of allylic oxidation sites excluding steroid dienone is 2. The third kappa shape index (κ3) is 2.29. The monoisotopic (exact) mass is 254 g/mol. The van der Waals surface area contributed by atoms with E-state index in [1.165, 1.54) is 0 Å². The topological polar surface area (TPSA) is 63.6 Å². The van der Waals surface area contributed by atoms with Gasteiger partial charge in [0, 0.05) is 0 Å². The van der Waals surface area contributed by atoms with E-state index in [1.807, 2.05) is 31.8 Å². The Bertz CT molecular complexity index is 382. The normalized spacial score (nSPS) is 35.0. The van der Waals surface area contributed by atoms with Crippen LogP contribution in [0.3, 0.4) is 0 Å². The molecule has 94 valence electrons. The molecule has 2 aliphatic rings. The van der Waals surface area contributed by atoms with E-state index < -0.39 is 26.1 Å². The minimum atomic E-state index is -1.95. The summed E-state index contributed by atoms with van der Waals surface area (Å²) in [4.78, 5) is 23.3. The van der Waals surface area contributed by atoms with Gasteiger partial charge in [-0.3, -0.25) is 9.59 Å². The predicted molar refractivity (Wildman–Crippen MR) is 64.8 cm³/mol. The number of rotatable bonds is 3. The van der Waals surface area contributed by atoms with E-state index in [2.05, 4.69) is 0 Å². The SMILES string of the molecule is C[Si](C)(C)OC(=O)C1C2C=CC(C2)C1C(=O)O. The average molecular weight is 254 g/mol. The highest BCUT2D eigenvalue weighted by Crippen LogP contribution is 2.48. The molecule has 0 spiro atoms. The van der Waals surface area contributed by atoms with E-state index in [-0.39, 0.29) is 17.8 Å². The molecular weight excluding hydrogens is 236 g/mol. The van der Waals surface area contributed by atoms with Gasteiger partial charge in [0.05, 0.1) is 11.8 Å². The average Bonchev–Trinajstić information content (AvgIpc) is 2.72. The lowest BCUT2D eigenvalue weighted by Crippen LogP contribution is -2.39. The molecule has 1 N–H and O–H groups in total. The minimum Gasteiger partial charge on any atom is -0.520 e. The lowest BCUT2D eigenvalue weighted by Gasteiger charge is -2.27. The number of aliphatic carboxylic acids is 1. The molecule has 0 aromatic rings. The number of carboxylic acid groups (broad SMARTS) is 1. The van der Waals surface area contributed by atoms with Crippen molar-refractivity contribution in [3.8, 4) is 0 Å². The summed E-state index contributed by atoms with van der Waals surface area (Å²) in [7, 11) is -1.95. The first-order chi connectivity index (χ1) is 7.79. The fraction of sp³-hybridized carbons (Fsp3) is 0.667. The van der Waals surface area contributed by atoms with E-state index in [0.717, 1.165) is 6.42 Å². The summed E-state index contributed by atoms with van der Waals surface area (Å²) in [6, 6.07) is 0. The molecule has 1 saturated carbocycles. The van der Waals surface area contributed by atoms with Crippen LogP contribution in [-0.4, -0.2) is 25.4 Å². The summed E-state index contributed by atoms with van der Waals surface area (Å²) in [5, 5.41) is 9.22. The zero-order valence-electron chi connectivity index (χ0n) is 10.3. The molecule has 0 aromatic carbocycles. The highest BCUT2D eigenvalue weighted by Gasteiger charge is 2.52. The van der Waals surface area contributed by atoms with Crippen LogP contribution in [0.5, 0.6) is 0 Å². The van der Waals surface area contributed by atoms with E-state index in [4.69, 9.17) is 4.43 Å². The van der Waals surface area contributed by atoms with E-state index in [0.29, 0.717) is 0 Å². The molecule has 0 saturated heterocycles. The summed E-state index contributed by atoms with van der Waals surface area (Å²) >= 11 is 0. The van der Waals surface area contributed by atoms with E-state index in [1.54, 1.807) is 0 Å². The molecule has 2 bridgehead atoms. The van der Waals surface area contributed by atoms with Gasteiger partial charge in [-0.1, -0.05) is 12.2 Å². The largest absolute Gasteiger partial charge is 0.520 e. The van der Waals surface area contributed by atoms with Crippen LogP contribution in [0.15, 0.2) is 12.2 Å². The van der Waals surface area contributed by atoms with Crippen LogP contribution in [-0.2, 0) is 14.0 Å². The first-order valence-corrected chi connectivity index (χ1v) is 9.34. The Hall–Kier alpha value is -1.10. The Kier molecular flexibility index (Phi) is 2.89. The van der Waals surface area contributed by atoms with Gasteiger partial charge >= 0.3 is 5.97 Å². The summed E-state index contributed by atoms with van der Waals surface area (Å²) in [5.41, 5.74) is 0. The summed E-state index contributed by atoms with van der Waals surface area (Å²) < 4.78 is 5.46. The van der Waals surface area contributed by atoms with Crippen molar-refractivity contribution in [2.24, 2.45) is 23.7 Å².